The zero-order valence-electron chi connectivity index (χ0n) is 11.0. The van der Waals surface area contributed by atoms with Crippen LogP contribution in [0.3, 0.4) is 0 Å². The smallest absolute Gasteiger partial charge is 0.225 e. The molecule has 0 aromatic rings. The van der Waals surface area contributed by atoms with Crippen molar-refractivity contribution in [1.82, 2.24) is 0 Å². The molecule has 0 aliphatic carbocycles. The molecular weight excluding hydrogens is 288 g/mol. The summed E-state index contributed by atoms with van der Waals surface area (Å²) < 4.78 is 6.48. The molecule has 2 atom stereocenters. The largest absolute Gasteiger partial charge is 0.381 e. The van der Waals surface area contributed by atoms with Crippen molar-refractivity contribution >= 4 is 44.2 Å². The molecule has 0 N–H and O–H groups in total. The lowest BCUT2D eigenvalue weighted by Crippen LogP contribution is -2.03. The summed E-state index contributed by atoms with van der Waals surface area (Å²) in [6.07, 6.45) is 2.43. The third kappa shape index (κ3) is 8.98. The monoisotopic (exact) mass is 313 g/mol. The van der Waals surface area contributed by atoms with Crippen LogP contribution in [0.4, 0.5) is 0 Å². The van der Waals surface area contributed by atoms with E-state index in [4.69, 9.17) is 4.74 Å². The quantitative estimate of drug-likeness (QED) is 0.234. The third-order valence-electron chi connectivity index (χ3n) is 2.34. The lowest BCUT2D eigenvalue weighted by molar-refractivity contribution is 0.135. The molecule has 17 heavy (non-hydrogen) atoms. The SMILES string of the molecule is CCCOCCC1S[S+]1CCSCCSCC. The van der Waals surface area contributed by atoms with Crippen LogP contribution in [-0.4, -0.2) is 46.6 Å². The van der Waals surface area contributed by atoms with Crippen molar-refractivity contribution < 1.29 is 4.74 Å². The summed E-state index contributed by atoms with van der Waals surface area (Å²) in [5, 5.41) is 0. The van der Waals surface area contributed by atoms with Crippen molar-refractivity contribution in [2.75, 3.05) is 42.0 Å². The summed E-state index contributed by atoms with van der Waals surface area (Å²) in [6.45, 7) is 6.33. The fraction of sp³-hybridized carbons (Fsp3) is 1.00. The zero-order chi connectivity index (χ0) is 12.3. The van der Waals surface area contributed by atoms with Crippen LogP contribution in [-0.2, 0) is 14.7 Å². The normalized spacial score (nSPS) is 22.9. The maximum Gasteiger partial charge on any atom is 0.225 e. The fourth-order valence-electron chi connectivity index (χ4n) is 1.41. The average Bonchev–Trinajstić information content (AvgIpc) is 3.08. The molecule has 1 saturated heterocycles. The standard InChI is InChI=1S/C12H25OS4/c1-3-6-13-7-5-12-16-17(12)11-10-15-9-8-14-4-2/h12H,3-11H2,1-2H3/q+1. The van der Waals surface area contributed by atoms with Gasteiger partial charge in [-0.05, 0) is 12.2 Å². The molecule has 1 aliphatic rings. The Morgan fingerprint density at radius 2 is 1.94 bits per heavy atom. The highest BCUT2D eigenvalue weighted by molar-refractivity contribution is 8.90. The molecule has 1 aliphatic heterocycles. The van der Waals surface area contributed by atoms with E-state index in [2.05, 4.69) is 48.2 Å². The minimum absolute atomic E-state index is 0.693. The Bertz CT molecular complexity index is 180. The molecule has 102 valence electrons. The minimum Gasteiger partial charge on any atom is -0.381 e. The molecule has 1 rings (SSSR count). The van der Waals surface area contributed by atoms with Gasteiger partial charge in [-0.1, -0.05) is 13.8 Å². The van der Waals surface area contributed by atoms with Gasteiger partial charge in [-0.25, -0.2) is 0 Å². The summed E-state index contributed by atoms with van der Waals surface area (Å²) in [6, 6.07) is 0. The van der Waals surface area contributed by atoms with Gasteiger partial charge in [0.05, 0.1) is 16.5 Å². The maximum absolute atomic E-state index is 5.54. The van der Waals surface area contributed by atoms with Gasteiger partial charge in [-0.2, -0.15) is 23.5 Å². The van der Waals surface area contributed by atoms with E-state index in [-0.39, 0.29) is 0 Å². The van der Waals surface area contributed by atoms with E-state index in [1.54, 1.807) is 0 Å². The van der Waals surface area contributed by atoms with Gasteiger partial charge in [0.2, 0.25) is 4.58 Å². The summed E-state index contributed by atoms with van der Waals surface area (Å²) in [7, 11) is 2.89. The second-order valence-electron chi connectivity index (χ2n) is 3.82. The van der Waals surface area contributed by atoms with Crippen molar-refractivity contribution in [3.8, 4) is 0 Å². The van der Waals surface area contributed by atoms with Gasteiger partial charge in [-0.15, -0.1) is 0 Å². The van der Waals surface area contributed by atoms with E-state index in [1.165, 1.54) is 35.2 Å². The molecule has 0 spiro atoms. The average molecular weight is 314 g/mol. The Balaban J connectivity index is 1.78. The number of hydrogen-bond acceptors (Lipinski definition) is 4. The zero-order valence-corrected chi connectivity index (χ0v) is 14.2. The predicted octanol–water partition coefficient (Wildman–Crippen LogP) is 3.90. The summed E-state index contributed by atoms with van der Waals surface area (Å²) in [5.74, 6) is 6.74. The van der Waals surface area contributed by atoms with E-state index in [0.717, 1.165) is 24.2 Å². The van der Waals surface area contributed by atoms with E-state index in [0.29, 0.717) is 9.93 Å². The highest BCUT2D eigenvalue weighted by Crippen LogP contribution is 2.49. The first-order chi connectivity index (χ1) is 8.38. The number of hydrogen-bond donors (Lipinski definition) is 0. The third-order valence-corrected chi connectivity index (χ3v) is 9.50. The summed E-state index contributed by atoms with van der Waals surface area (Å²) in [4.78, 5) is 0. The maximum atomic E-state index is 5.54. The van der Waals surface area contributed by atoms with Gasteiger partial charge < -0.3 is 4.74 Å². The van der Waals surface area contributed by atoms with Gasteiger partial charge in [0.1, 0.15) is 5.75 Å². The Morgan fingerprint density at radius 3 is 2.71 bits per heavy atom. The number of rotatable bonds is 12. The van der Waals surface area contributed by atoms with Gasteiger partial charge in [0.25, 0.3) is 0 Å². The highest BCUT2D eigenvalue weighted by atomic mass is 33.2. The van der Waals surface area contributed by atoms with Gasteiger partial charge >= 0.3 is 0 Å². The predicted molar refractivity (Wildman–Crippen MR) is 89.7 cm³/mol. The second kappa shape index (κ2) is 11.2. The van der Waals surface area contributed by atoms with Gasteiger partial charge in [0, 0.05) is 30.3 Å². The number of ether oxygens (including phenoxy) is 1. The topological polar surface area (TPSA) is 9.23 Å². The first kappa shape index (κ1) is 16.4. The van der Waals surface area contributed by atoms with Crippen molar-refractivity contribution in [2.24, 2.45) is 0 Å². The molecule has 1 fully saturated rings. The highest BCUT2D eigenvalue weighted by Gasteiger charge is 2.52. The van der Waals surface area contributed by atoms with Crippen LogP contribution < -0.4 is 0 Å². The van der Waals surface area contributed by atoms with E-state index in [9.17, 15) is 0 Å². The molecule has 0 bridgehead atoms. The lowest BCUT2D eigenvalue weighted by Gasteiger charge is -1.98. The summed E-state index contributed by atoms with van der Waals surface area (Å²) in [5.41, 5.74) is 0. The molecule has 1 nitrogen and oxygen atoms in total. The van der Waals surface area contributed by atoms with Gasteiger partial charge in [-0.3, -0.25) is 0 Å². The van der Waals surface area contributed by atoms with E-state index < -0.39 is 0 Å². The lowest BCUT2D eigenvalue weighted by atomic mass is 10.5. The molecule has 0 aromatic carbocycles. The van der Waals surface area contributed by atoms with Crippen LogP contribution >= 0.6 is 34.3 Å². The molecular formula is C12H25OS4+. The van der Waals surface area contributed by atoms with Crippen LogP contribution in [0.2, 0.25) is 0 Å². The molecule has 1 heterocycles. The number of thioether (sulfide) groups is 2. The Morgan fingerprint density at radius 1 is 1.12 bits per heavy atom. The van der Waals surface area contributed by atoms with Crippen LogP contribution in [0.25, 0.3) is 0 Å². The van der Waals surface area contributed by atoms with E-state index in [1.807, 2.05) is 0 Å². The van der Waals surface area contributed by atoms with Crippen LogP contribution in [0.15, 0.2) is 0 Å². The first-order valence-electron chi connectivity index (χ1n) is 6.48. The fourth-order valence-corrected chi connectivity index (χ4v) is 8.07. The van der Waals surface area contributed by atoms with Crippen molar-refractivity contribution in [3.05, 3.63) is 0 Å². The van der Waals surface area contributed by atoms with Gasteiger partial charge in [0.15, 0.2) is 10.8 Å². The summed E-state index contributed by atoms with van der Waals surface area (Å²) >= 11 is 4.20. The Kier molecular flexibility index (Phi) is 10.8. The van der Waals surface area contributed by atoms with Crippen LogP contribution in [0.1, 0.15) is 26.7 Å². The van der Waals surface area contributed by atoms with Crippen molar-refractivity contribution in [1.29, 1.82) is 0 Å². The molecule has 0 amide bonds. The molecule has 0 aromatic heterocycles. The Labute approximate surface area is 122 Å². The second-order valence-corrected chi connectivity index (χ2v) is 11.1. The molecule has 2 unspecified atom stereocenters. The molecule has 5 heteroatoms. The molecule has 0 saturated carbocycles. The first-order valence-corrected chi connectivity index (χ1v) is 11.6. The van der Waals surface area contributed by atoms with Crippen molar-refractivity contribution in [3.63, 3.8) is 0 Å². The molecule has 0 radical (unpaired) electrons. The Hall–Kier alpha value is 1.36. The van der Waals surface area contributed by atoms with Crippen molar-refractivity contribution in [2.45, 2.75) is 31.3 Å². The minimum atomic E-state index is 0.693. The van der Waals surface area contributed by atoms with Crippen LogP contribution in [0.5, 0.6) is 0 Å². The van der Waals surface area contributed by atoms with E-state index >= 15 is 0 Å². The van der Waals surface area contributed by atoms with Crippen LogP contribution in [0, 0.1) is 0 Å².